The third-order valence-electron chi connectivity index (χ3n) is 7.92. The lowest BCUT2D eigenvalue weighted by atomic mass is 9.99. The van der Waals surface area contributed by atoms with Crippen LogP contribution in [0.2, 0.25) is 0 Å². The number of anilines is 1. The van der Waals surface area contributed by atoms with E-state index in [0.29, 0.717) is 11.7 Å². The van der Waals surface area contributed by atoms with E-state index in [1.807, 2.05) is 36.4 Å². The second kappa shape index (κ2) is 13.0. The zero-order chi connectivity index (χ0) is 27.4. The van der Waals surface area contributed by atoms with Crippen LogP contribution in [0.5, 0.6) is 0 Å². The van der Waals surface area contributed by atoms with Crippen molar-refractivity contribution in [2.45, 2.75) is 67.0 Å². The first kappa shape index (κ1) is 29.1. The molecule has 212 valence electrons. The minimum atomic E-state index is -2.04. The molecular formula is C29H36Cl3N3O4. The quantitative estimate of drug-likeness (QED) is 0.387. The normalized spacial score (nSPS) is 26.7. The number of aliphatic hydroxyl groups is 1. The van der Waals surface area contributed by atoms with Crippen molar-refractivity contribution in [3.63, 3.8) is 0 Å². The number of nitrogens with one attached hydrogen (secondary N) is 1. The average molecular weight is 597 g/mol. The maximum absolute atomic E-state index is 12.0. The number of benzene rings is 2. The first-order valence-corrected chi connectivity index (χ1v) is 14.9. The standard InChI is InChI=1S/C29H36Cl3N3O4/c30-29(31,32)28(37)33-23-11-9-22(10-12-23)27-38-25(16-26(39-27)21-7-5-20(19-36)6-8-21)18-35-15-3-4-24(35)17-34-13-1-2-14-34/h5-12,24-27,36H,1-4,13-19H2,(H,33,37). The molecule has 2 aromatic carbocycles. The minimum absolute atomic E-state index is 0.00538. The van der Waals surface area contributed by atoms with Crippen LogP contribution in [0.1, 0.15) is 61.2 Å². The second-order valence-corrected chi connectivity index (χ2v) is 13.0. The molecule has 2 aromatic rings. The highest BCUT2D eigenvalue weighted by Crippen LogP contribution is 2.39. The van der Waals surface area contributed by atoms with Crippen LogP contribution in [0.15, 0.2) is 48.5 Å². The lowest BCUT2D eigenvalue weighted by Crippen LogP contribution is -2.45. The molecule has 0 aromatic heterocycles. The summed E-state index contributed by atoms with van der Waals surface area (Å²) in [4.78, 5) is 17.2. The summed E-state index contributed by atoms with van der Waals surface area (Å²) in [6.45, 7) is 5.53. The first-order valence-electron chi connectivity index (χ1n) is 13.7. The van der Waals surface area contributed by atoms with E-state index >= 15 is 0 Å². The van der Waals surface area contributed by atoms with Crippen LogP contribution in [-0.2, 0) is 20.9 Å². The van der Waals surface area contributed by atoms with E-state index in [1.54, 1.807) is 12.1 Å². The average Bonchev–Trinajstić information content (AvgIpc) is 3.61. The Hall–Kier alpha value is -1.42. The molecule has 10 heteroatoms. The number of carbonyl (C=O) groups is 1. The fraction of sp³-hybridized carbons (Fsp3) is 0.552. The van der Waals surface area contributed by atoms with Crippen molar-refractivity contribution in [3.8, 4) is 0 Å². The van der Waals surface area contributed by atoms with Gasteiger partial charge in [0.05, 0.1) is 18.8 Å². The highest BCUT2D eigenvalue weighted by atomic mass is 35.6. The maximum atomic E-state index is 12.0. The number of hydrogen-bond donors (Lipinski definition) is 2. The summed E-state index contributed by atoms with van der Waals surface area (Å²) in [5.41, 5.74) is 3.29. The predicted molar refractivity (Wildman–Crippen MR) is 154 cm³/mol. The van der Waals surface area contributed by atoms with Crippen molar-refractivity contribution >= 4 is 46.4 Å². The van der Waals surface area contributed by atoms with Gasteiger partial charge in [-0.05, 0) is 68.6 Å². The van der Waals surface area contributed by atoms with E-state index in [4.69, 9.17) is 44.3 Å². The van der Waals surface area contributed by atoms with E-state index in [2.05, 4.69) is 15.1 Å². The van der Waals surface area contributed by atoms with Gasteiger partial charge >= 0.3 is 0 Å². The lowest BCUT2D eigenvalue weighted by Gasteiger charge is -2.39. The number of rotatable bonds is 8. The van der Waals surface area contributed by atoms with Gasteiger partial charge in [0.15, 0.2) is 6.29 Å². The van der Waals surface area contributed by atoms with Crippen molar-refractivity contribution < 1.29 is 19.4 Å². The zero-order valence-electron chi connectivity index (χ0n) is 21.9. The predicted octanol–water partition coefficient (Wildman–Crippen LogP) is 5.59. The van der Waals surface area contributed by atoms with Crippen LogP contribution in [0.25, 0.3) is 0 Å². The molecule has 0 radical (unpaired) electrons. The molecule has 0 spiro atoms. The topological polar surface area (TPSA) is 74.3 Å². The first-order chi connectivity index (χ1) is 18.8. The summed E-state index contributed by atoms with van der Waals surface area (Å²) in [6, 6.07) is 15.7. The zero-order valence-corrected chi connectivity index (χ0v) is 24.2. The van der Waals surface area contributed by atoms with Gasteiger partial charge in [0.25, 0.3) is 9.70 Å². The van der Waals surface area contributed by atoms with E-state index in [-0.39, 0.29) is 18.8 Å². The summed E-state index contributed by atoms with van der Waals surface area (Å²) in [5, 5.41) is 12.1. The number of hydrogen-bond acceptors (Lipinski definition) is 6. The SMILES string of the molecule is O=C(Nc1ccc(C2OC(CN3CCCC3CN3CCCC3)CC(c3ccc(CO)cc3)O2)cc1)C(Cl)(Cl)Cl. The third-order valence-corrected chi connectivity index (χ3v) is 8.43. The van der Waals surface area contributed by atoms with Gasteiger partial charge in [-0.3, -0.25) is 9.69 Å². The van der Waals surface area contributed by atoms with Crippen molar-refractivity contribution in [1.82, 2.24) is 9.80 Å². The molecule has 0 aliphatic carbocycles. The molecule has 5 rings (SSSR count). The smallest absolute Gasteiger partial charge is 0.276 e. The maximum Gasteiger partial charge on any atom is 0.276 e. The Balaban J connectivity index is 1.31. The number of amides is 1. The molecule has 0 bridgehead atoms. The number of likely N-dealkylation sites (tertiary alicyclic amines) is 2. The second-order valence-electron chi connectivity index (χ2n) is 10.7. The van der Waals surface area contributed by atoms with Crippen molar-refractivity contribution in [2.75, 3.05) is 38.0 Å². The molecule has 3 heterocycles. The fourth-order valence-corrected chi connectivity index (χ4v) is 5.97. The number of aliphatic hydroxyl groups excluding tert-OH is 1. The Kier molecular flexibility index (Phi) is 9.73. The number of halogens is 3. The molecular weight excluding hydrogens is 561 g/mol. The summed E-state index contributed by atoms with van der Waals surface area (Å²) < 4.78 is 11.0. The van der Waals surface area contributed by atoms with Crippen LogP contribution in [0.4, 0.5) is 5.69 Å². The highest BCUT2D eigenvalue weighted by molar-refractivity contribution is 6.76. The monoisotopic (exact) mass is 595 g/mol. The Morgan fingerprint density at radius 2 is 1.62 bits per heavy atom. The molecule has 3 saturated heterocycles. The van der Waals surface area contributed by atoms with Gasteiger partial charge in [-0.2, -0.15) is 0 Å². The molecule has 39 heavy (non-hydrogen) atoms. The molecule has 3 aliphatic heterocycles. The Morgan fingerprint density at radius 1 is 0.923 bits per heavy atom. The Morgan fingerprint density at radius 3 is 2.28 bits per heavy atom. The van der Waals surface area contributed by atoms with E-state index in [9.17, 15) is 9.90 Å². The summed E-state index contributed by atoms with van der Waals surface area (Å²) in [7, 11) is 0. The summed E-state index contributed by atoms with van der Waals surface area (Å²) in [5.74, 6) is -0.717. The van der Waals surface area contributed by atoms with E-state index in [1.165, 1.54) is 38.8 Å². The molecule has 3 fully saturated rings. The number of carbonyl (C=O) groups excluding carboxylic acids is 1. The molecule has 0 saturated carbocycles. The minimum Gasteiger partial charge on any atom is -0.392 e. The third kappa shape index (κ3) is 7.66. The van der Waals surface area contributed by atoms with Crippen LogP contribution < -0.4 is 5.32 Å². The Bertz CT molecular complexity index is 1090. The van der Waals surface area contributed by atoms with Gasteiger partial charge in [-0.15, -0.1) is 0 Å². The largest absolute Gasteiger partial charge is 0.392 e. The molecule has 2 N–H and O–H groups in total. The van der Waals surface area contributed by atoms with Gasteiger partial charge < -0.3 is 24.8 Å². The number of nitrogens with zero attached hydrogens (tertiary/aromatic N) is 2. The van der Waals surface area contributed by atoms with E-state index in [0.717, 1.165) is 42.7 Å². The van der Waals surface area contributed by atoms with Crippen LogP contribution in [0.3, 0.4) is 0 Å². The van der Waals surface area contributed by atoms with Crippen LogP contribution in [0, 0.1) is 0 Å². The molecule has 1 amide bonds. The fourth-order valence-electron chi connectivity index (χ4n) is 5.83. The molecule has 7 nitrogen and oxygen atoms in total. The van der Waals surface area contributed by atoms with Crippen LogP contribution in [-0.4, -0.2) is 69.5 Å². The van der Waals surface area contributed by atoms with Gasteiger partial charge in [0.1, 0.15) is 0 Å². The number of alkyl halides is 3. The van der Waals surface area contributed by atoms with Gasteiger partial charge in [-0.25, -0.2) is 0 Å². The summed E-state index contributed by atoms with van der Waals surface area (Å²) in [6.07, 6.45) is 5.10. The van der Waals surface area contributed by atoms with E-state index < -0.39 is 16.0 Å². The highest BCUT2D eigenvalue weighted by Gasteiger charge is 2.36. The van der Waals surface area contributed by atoms with Crippen molar-refractivity contribution in [1.29, 1.82) is 0 Å². The molecule has 3 aliphatic rings. The lowest BCUT2D eigenvalue weighted by molar-refractivity contribution is -0.253. The van der Waals surface area contributed by atoms with Crippen molar-refractivity contribution in [2.24, 2.45) is 0 Å². The Labute approximate surface area is 245 Å². The molecule has 4 atom stereocenters. The molecule has 4 unspecified atom stereocenters. The van der Waals surface area contributed by atoms with Gasteiger partial charge in [-0.1, -0.05) is 71.2 Å². The summed E-state index contributed by atoms with van der Waals surface area (Å²) >= 11 is 17.0. The van der Waals surface area contributed by atoms with Gasteiger partial charge in [0, 0.05) is 36.8 Å². The number of ether oxygens (including phenoxy) is 2. The van der Waals surface area contributed by atoms with Gasteiger partial charge in [0.2, 0.25) is 0 Å². The van der Waals surface area contributed by atoms with Crippen molar-refractivity contribution in [3.05, 3.63) is 65.2 Å². The van der Waals surface area contributed by atoms with Crippen LogP contribution >= 0.6 is 34.8 Å².